The minimum atomic E-state index is -0.689. The first-order valence-electron chi connectivity index (χ1n) is 13.4. The van der Waals surface area contributed by atoms with E-state index in [-0.39, 0.29) is 24.8 Å². The topological polar surface area (TPSA) is 77.1 Å². The van der Waals surface area contributed by atoms with E-state index in [0.717, 1.165) is 22.4 Å². The minimum absolute atomic E-state index is 0.0994. The van der Waals surface area contributed by atoms with Crippen molar-refractivity contribution in [3.8, 4) is 17.2 Å². The number of carbonyl (C=O) groups excluding carboxylic acids is 2. The first-order chi connectivity index (χ1) is 18.7. The number of amides is 2. The molecule has 0 spiro atoms. The van der Waals surface area contributed by atoms with E-state index in [4.69, 9.17) is 14.2 Å². The zero-order valence-corrected chi connectivity index (χ0v) is 23.2. The van der Waals surface area contributed by atoms with E-state index >= 15 is 0 Å². The zero-order chi connectivity index (χ0) is 27.8. The average molecular weight is 531 g/mol. The number of aryl methyl sites for hydroxylation is 1. The van der Waals surface area contributed by atoms with Crippen LogP contribution in [0.1, 0.15) is 43.9 Å². The molecule has 0 saturated heterocycles. The number of benzene rings is 3. The van der Waals surface area contributed by atoms with Crippen LogP contribution in [0.3, 0.4) is 0 Å². The van der Waals surface area contributed by atoms with Crippen molar-refractivity contribution in [1.82, 2.24) is 10.2 Å². The van der Waals surface area contributed by atoms with Gasteiger partial charge in [0.05, 0.1) is 7.11 Å². The number of carbonyl (C=O) groups is 2. The maximum absolute atomic E-state index is 13.9. The molecule has 0 fully saturated rings. The highest BCUT2D eigenvalue weighted by atomic mass is 16.6. The number of nitrogens with zero attached hydrogens (tertiary/aromatic N) is 1. The summed E-state index contributed by atoms with van der Waals surface area (Å²) in [6, 6.07) is 22.5. The fourth-order valence-electron chi connectivity index (χ4n) is 4.61. The van der Waals surface area contributed by atoms with Crippen LogP contribution in [-0.4, -0.2) is 48.6 Å². The zero-order valence-electron chi connectivity index (χ0n) is 23.2. The average Bonchev–Trinajstić information content (AvgIpc) is 2.93. The lowest BCUT2D eigenvalue weighted by Crippen LogP contribution is -2.54. The van der Waals surface area contributed by atoms with Crippen LogP contribution >= 0.6 is 0 Å². The third kappa shape index (κ3) is 7.99. The second-order valence-corrected chi connectivity index (χ2v) is 10.8. The van der Waals surface area contributed by atoms with Crippen LogP contribution in [0.15, 0.2) is 72.8 Å². The summed E-state index contributed by atoms with van der Waals surface area (Å²) in [5, 5.41) is 3.10. The first kappa shape index (κ1) is 28.0. The summed E-state index contributed by atoms with van der Waals surface area (Å²) in [6.45, 7) is 7.16. The summed E-state index contributed by atoms with van der Waals surface area (Å²) in [7, 11) is 1.62. The van der Waals surface area contributed by atoms with E-state index in [1.165, 1.54) is 0 Å². The van der Waals surface area contributed by atoms with E-state index in [0.29, 0.717) is 37.6 Å². The van der Waals surface area contributed by atoms with Crippen LogP contribution in [-0.2, 0) is 29.0 Å². The van der Waals surface area contributed by atoms with E-state index in [2.05, 4.69) is 5.32 Å². The Bertz CT molecular complexity index is 1270. The normalized spacial score (nSPS) is 13.3. The first-order valence-corrected chi connectivity index (χ1v) is 13.4. The molecule has 1 heterocycles. The Morgan fingerprint density at radius 3 is 2.33 bits per heavy atom. The summed E-state index contributed by atoms with van der Waals surface area (Å²) < 4.78 is 16.8. The van der Waals surface area contributed by atoms with Gasteiger partial charge in [0.1, 0.15) is 25.0 Å². The summed E-state index contributed by atoms with van der Waals surface area (Å²) in [5.41, 5.74) is 2.42. The molecule has 1 N–H and O–H groups in total. The highest BCUT2D eigenvalue weighted by Crippen LogP contribution is 2.31. The van der Waals surface area contributed by atoms with Crippen molar-refractivity contribution in [1.29, 1.82) is 0 Å². The quantitative estimate of drug-likeness (QED) is 0.401. The molecule has 3 aromatic rings. The molecular formula is C32H38N2O5. The van der Waals surface area contributed by atoms with Gasteiger partial charge < -0.3 is 24.4 Å². The summed E-state index contributed by atoms with van der Waals surface area (Å²) in [4.78, 5) is 29.3. The summed E-state index contributed by atoms with van der Waals surface area (Å²) in [5.74, 6) is 1.85. The third-order valence-corrected chi connectivity index (χ3v) is 6.49. The third-order valence-electron chi connectivity index (χ3n) is 6.49. The lowest BCUT2D eigenvalue weighted by atomic mass is 9.99. The molecule has 4 rings (SSSR count). The van der Waals surface area contributed by atoms with E-state index in [1.807, 2.05) is 93.6 Å². The molecule has 1 atom stereocenters. The van der Waals surface area contributed by atoms with Gasteiger partial charge in [-0.3, -0.25) is 9.59 Å². The van der Waals surface area contributed by atoms with Crippen molar-refractivity contribution in [2.75, 3.05) is 20.3 Å². The number of nitrogens with one attached hydrogen (secondary N) is 1. The van der Waals surface area contributed by atoms with Crippen LogP contribution < -0.4 is 19.5 Å². The van der Waals surface area contributed by atoms with Gasteiger partial charge in [0.15, 0.2) is 11.5 Å². The molecule has 0 bridgehead atoms. The van der Waals surface area contributed by atoms with Gasteiger partial charge in [-0.2, -0.15) is 0 Å². The second-order valence-electron chi connectivity index (χ2n) is 10.8. The lowest BCUT2D eigenvalue weighted by Gasteiger charge is -2.34. The molecule has 3 aromatic carbocycles. The Hall–Kier alpha value is -4.00. The lowest BCUT2D eigenvalue weighted by molar-refractivity contribution is -0.141. The number of fused-ring (bicyclic) bond motifs is 1. The molecule has 206 valence electrons. The number of methoxy groups -OCH3 is 1. The van der Waals surface area contributed by atoms with Crippen molar-refractivity contribution < 1.29 is 23.8 Å². The molecule has 0 saturated carbocycles. The molecule has 39 heavy (non-hydrogen) atoms. The van der Waals surface area contributed by atoms with E-state index in [9.17, 15) is 9.59 Å². The summed E-state index contributed by atoms with van der Waals surface area (Å²) >= 11 is 0. The van der Waals surface area contributed by atoms with Crippen molar-refractivity contribution in [2.45, 2.75) is 58.2 Å². The van der Waals surface area contributed by atoms with Crippen LogP contribution in [0, 0.1) is 0 Å². The maximum Gasteiger partial charge on any atom is 0.243 e. The molecule has 0 radical (unpaired) electrons. The Balaban J connectivity index is 1.62. The molecule has 2 amide bonds. The maximum atomic E-state index is 13.9. The molecular weight excluding hydrogens is 492 g/mol. The Kier molecular flexibility index (Phi) is 9.12. The second kappa shape index (κ2) is 12.7. The van der Waals surface area contributed by atoms with Crippen LogP contribution in [0.5, 0.6) is 17.2 Å². The van der Waals surface area contributed by atoms with E-state index < -0.39 is 11.6 Å². The molecule has 0 aliphatic carbocycles. The van der Waals surface area contributed by atoms with Gasteiger partial charge in [0, 0.05) is 24.9 Å². The van der Waals surface area contributed by atoms with Gasteiger partial charge in [-0.1, -0.05) is 48.5 Å². The van der Waals surface area contributed by atoms with Crippen molar-refractivity contribution in [3.05, 3.63) is 89.5 Å². The minimum Gasteiger partial charge on any atom is -0.497 e. The number of hydrogen-bond donors (Lipinski definition) is 1. The number of rotatable bonds is 10. The highest BCUT2D eigenvalue weighted by molar-refractivity contribution is 5.88. The van der Waals surface area contributed by atoms with Crippen molar-refractivity contribution >= 4 is 11.8 Å². The monoisotopic (exact) mass is 530 g/mol. The molecule has 1 aliphatic heterocycles. The van der Waals surface area contributed by atoms with Crippen LogP contribution in [0.25, 0.3) is 0 Å². The van der Waals surface area contributed by atoms with Crippen LogP contribution in [0.4, 0.5) is 0 Å². The molecule has 0 unspecified atom stereocenters. The Morgan fingerprint density at radius 1 is 0.897 bits per heavy atom. The SMILES string of the molecule is COc1cccc(CN(C(=O)CCc2ccc3c(c2)OCCO3)[C@H](Cc2ccccc2)C(=O)NC(C)(C)C)c1. The standard InChI is InChI=1S/C32H38N2O5/c1-32(2,3)33-31(36)27(20-23-9-6-5-7-10-23)34(22-25-11-8-12-26(19-25)37-4)30(35)16-14-24-13-15-28-29(21-24)39-18-17-38-28/h5-13,15,19,21,27H,14,16-18,20,22H2,1-4H3,(H,33,36)/t27-/m1/s1. The number of ether oxygens (including phenoxy) is 3. The smallest absolute Gasteiger partial charge is 0.243 e. The molecule has 7 heteroatoms. The van der Waals surface area contributed by atoms with Crippen molar-refractivity contribution in [3.63, 3.8) is 0 Å². The molecule has 7 nitrogen and oxygen atoms in total. The number of hydrogen-bond acceptors (Lipinski definition) is 5. The van der Waals surface area contributed by atoms with Gasteiger partial charge in [0.25, 0.3) is 0 Å². The fraction of sp³-hybridized carbons (Fsp3) is 0.375. The molecule has 1 aliphatic rings. The Labute approximate surface area is 231 Å². The van der Waals surface area contributed by atoms with Gasteiger partial charge >= 0.3 is 0 Å². The predicted octanol–water partition coefficient (Wildman–Crippen LogP) is 4.95. The predicted molar refractivity (Wildman–Crippen MR) is 151 cm³/mol. The summed E-state index contributed by atoms with van der Waals surface area (Å²) in [6.07, 6.45) is 1.17. The fourth-order valence-corrected chi connectivity index (χ4v) is 4.61. The van der Waals surface area contributed by atoms with Gasteiger partial charge in [-0.25, -0.2) is 0 Å². The Morgan fingerprint density at radius 2 is 1.62 bits per heavy atom. The van der Waals surface area contributed by atoms with Gasteiger partial charge in [-0.05, 0) is 68.1 Å². The largest absolute Gasteiger partial charge is 0.497 e. The van der Waals surface area contributed by atoms with Crippen molar-refractivity contribution in [2.24, 2.45) is 0 Å². The van der Waals surface area contributed by atoms with Crippen LogP contribution in [0.2, 0.25) is 0 Å². The van der Waals surface area contributed by atoms with Gasteiger partial charge in [-0.15, -0.1) is 0 Å². The van der Waals surface area contributed by atoms with Gasteiger partial charge in [0.2, 0.25) is 11.8 Å². The highest BCUT2D eigenvalue weighted by Gasteiger charge is 2.32. The van der Waals surface area contributed by atoms with E-state index in [1.54, 1.807) is 12.0 Å². The molecule has 0 aromatic heterocycles.